The van der Waals surface area contributed by atoms with E-state index in [1.165, 1.54) is 74.7 Å². The third kappa shape index (κ3) is 4.77. The maximum Gasteiger partial charge on any atom is 0.0476 e. The van der Waals surface area contributed by atoms with Crippen LogP contribution >= 0.6 is 11.3 Å². The van der Waals surface area contributed by atoms with Gasteiger partial charge >= 0.3 is 0 Å². The molecule has 1 heterocycles. The standard InChI is InChI=1S/C55H38N2S/c1-55(2)47-31-30-45-53-50-35(32-46(52(47)53)42-28-26-40(33-48(42)55)56(36-17-7-3-8-18-36)37-19-9-4-10-20-37)16-15-25-44(50)51-43-29-27-41(34-49(43)58-54(45)51)57(38-21-11-5-12-22-38)39-23-13-6-14-24-39/h3-34H,1-2H3. The SMILES string of the molecule is CC1(C)c2cc(N(c3ccccc3)c3ccccc3)ccc2-c2cc3cccc4c5c6ccc(N(c7ccccc7)c7ccccc7)cc6sc5c5ccc1c2c5c34. The van der Waals surface area contributed by atoms with Crippen molar-refractivity contribution in [3.63, 3.8) is 0 Å². The van der Waals surface area contributed by atoms with Crippen molar-refractivity contribution in [2.24, 2.45) is 0 Å². The van der Waals surface area contributed by atoms with Gasteiger partial charge < -0.3 is 9.80 Å². The Hall–Kier alpha value is -6.94. The summed E-state index contributed by atoms with van der Waals surface area (Å²) in [7, 11) is 0. The zero-order valence-electron chi connectivity index (χ0n) is 32.3. The van der Waals surface area contributed by atoms with Crippen molar-refractivity contribution in [1.82, 2.24) is 0 Å². The lowest BCUT2D eigenvalue weighted by Gasteiger charge is -2.37. The number of hydrogen-bond donors (Lipinski definition) is 0. The molecule has 1 aromatic heterocycles. The van der Waals surface area contributed by atoms with Crippen molar-refractivity contribution in [2.45, 2.75) is 19.3 Å². The highest BCUT2D eigenvalue weighted by molar-refractivity contribution is 7.27. The summed E-state index contributed by atoms with van der Waals surface area (Å²) in [6.07, 6.45) is 0. The van der Waals surface area contributed by atoms with E-state index in [1.807, 2.05) is 11.3 Å². The molecule has 12 rings (SSSR count). The predicted molar refractivity (Wildman–Crippen MR) is 250 cm³/mol. The summed E-state index contributed by atoms with van der Waals surface area (Å²) in [5.74, 6) is 0. The van der Waals surface area contributed by atoms with E-state index in [1.54, 1.807) is 0 Å². The first-order valence-corrected chi connectivity index (χ1v) is 20.9. The van der Waals surface area contributed by atoms with Crippen LogP contribution in [0, 0.1) is 0 Å². The molecule has 0 saturated heterocycles. The van der Waals surface area contributed by atoms with Crippen molar-refractivity contribution < 1.29 is 0 Å². The average Bonchev–Trinajstić information content (AvgIpc) is 3.66. The minimum absolute atomic E-state index is 0.230. The van der Waals surface area contributed by atoms with E-state index >= 15 is 0 Å². The first-order chi connectivity index (χ1) is 28.5. The van der Waals surface area contributed by atoms with Gasteiger partial charge in [0, 0.05) is 65.1 Å². The number of benzene rings is 10. The van der Waals surface area contributed by atoms with Crippen LogP contribution in [0.3, 0.4) is 0 Å². The van der Waals surface area contributed by atoms with Crippen molar-refractivity contribution in [1.29, 1.82) is 0 Å². The van der Waals surface area contributed by atoms with Crippen LogP contribution in [0.25, 0.3) is 63.6 Å². The minimum atomic E-state index is -0.230. The van der Waals surface area contributed by atoms with Crippen LogP contribution in [0.4, 0.5) is 34.1 Å². The fraction of sp³-hybridized carbons (Fsp3) is 0.0545. The fourth-order valence-corrected chi connectivity index (χ4v) is 11.2. The number of nitrogens with zero attached hydrogens (tertiary/aromatic N) is 2. The second-order valence-corrected chi connectivity index (χ2v) is 17.1. The Labute approximate surface area is 341 Å². The second kappa shape index (κ2) is 12.5. The van der Waals surface area contributed by atoms with Crippen LogP contribution in [0.2, 0.25) is 0 Å². The molecule has 1 aliphatic carbocycles. The number of hydrogen-bond acceptors (Lipinski definition) is 3. The van der Waals surface area contributed by atoms with Gasteiger partial charge in [-0.2, -0.15) is 0 Å². The molecule has 0 atom stereocenters. The zero-order valence-corrected chi connectivity index (χ0v) is 33.1. The Kier molecular flexibility index (Phi) is 7.18. The Morgan fingerprint density at radius 2 is 0.914 bits per heavy atom. The molecule has 0 fully saturated rings. The summed E-state index contributed by atoms with van der Waals surface area (Å²) in [6.45, 7) is 4.84. The van der Waals surface area contributed by atoms with E-state index in [9.17, 15) is 0 Å². The third-order valence-corrected chi connectivity index (χ3v) is 13.7. The topological polar surface area (TPSA) is 6.48 Å². The van der Waals surface area contributed by atoms with E-state index in [4.69, 9.17) is 0 Å². The van der Waals surface area contributed by atoms with Gasteiger partial charge in [0.2, 0.25) is 0 Å². The normalized spacial score (nSPS) is 13.1. The van der Waals surface area contributed by atoms with Crippen LogP contribution < -0.4 is 9.80 Å². The predicted octanol–water partition coefficient (Wildman–Crippen LogP) is 16.2. The molecule has 274 valence electrons. The van der Waals surface area contributed by atoms with Gasteiger partial charge in [0.05, 0.1) is 0 Å². The van der Waals surface area contributed by atoms with E-state index in [-0.39, 0.29) is 5.41 Å². The summed E-state index contributed by atoms with van der Waals surface area (Å²) in [5, 5.41) is 10.8. The molecule has 0 spiro atoms. The summed E-state index contributed by atoms with van der Waals surface area (Å²) >= 11 is 1.93. The van der Waals surface area contributed by atoms with Gasteiger partial charge in [-0.05, 0) is 128 Å². The molecule has 0 saturated carbocycles. The van der Waals surface area contributed by atoms with Gasteiger partial charge in [-0.15, -0.1) is 11.3 Å². The quantitative estimate of drug-likeness (QED) is 0.156. The van der Waals surface area contributed by atoms with Crippen LogP contribution in [0.1, 0.15) is 25.0 Å². The van der Waals surface area contributed by atoms with Crippen LogP contribution in [0.5, 0.6) is 0 Å². The highest BCUT2D eigenvalue weighted by Crippen LogP contribution is 2.56. The van der Waals surface area contributed by atoms with Gasteiger partial charge in [-0.25, -0.2) is 0 Å². The lowest BCUT2D eigenvalue weighted by molar-refractivity contribution is 0.645. The summed E-state index contributed by atoms with van der Waals surface area (Å²) in [4.78, 5) is 4.74. The Bertz CT molecular complexity index is 3270. The van der Waals surface area contributed by atoms with Crippen molar-refractivity contribution in [2.75, 3.05) is 9.80 Å². The van der Waals surface area contributed by atoms with E-state index in [2.05, 4.69) is 218 Å². The number of thiophene rings is 1. The highest BCUT2D eigenvalue weighted by Gasteiger charge is 2.36. The largest absolute Gasteiger partial charge is 0.310 e. The van der Waals surface area contributed by atoms with Gasteiger partial charge in [0.25, 0.3) is 0 Å². The number of para-hydroxylation sites is 4. The Morgan fingerprint density at radius 3 is 1.52 bits per heavy atom. The molecule has 1 aliphatic rings. The Balaban J connectivity index is 1.09. The molecule has 2 nitrogen and oxygen atoms in total. The van der Waals surface area contributed by atoms with Crippen molar-refractivity contribution in [3.05, 3.63) is 205 Å². The summed E-state index contributed by atoms with van der Waals surface area (Å²) in [6, 6.07) is 71.3. The van der Waals surface area contributed by atoms with E-state index in [0.29, 0.717) is 0 Å². The molecular weight excluding hydrogens is 721 g/mol. The van der Waals surface area contributed by atoms with Gasteiger partial charge in [-0.1, -0.05) is 129 Å². The molecule has 0 aliphatic heterocycles. The molecule has 0 N–H and O–H groups in total. The van der Waals surface area contributed by atoms with Crippen molar-refractivity contribution >= 4 is 98.0 Å². The molecular formula is C55H38N2S. The van der Waals surface area contributed by atoms with Gasteiger partial charge in [0.1, 0.15) is 0 Å². The molecule has 0 unspecified atom stereocenters. The highest BCUT2D eigenvalue weighted by atomic mass is 32.1. The fourth-order valence-electron chi connectivity index (χ4n) is 9.92. The Morgan fingerprint density at radius 1 is 0.362 bits per heavy atom. The molecule has 0 bridgehead atoms. The van der Waals surface area contributed by atoms with Crippen LogP contribution in [0.15, 0.2) is 194 Å². The van der Waals surface area contributed by atoms with Gasteiger partial charge in [-0.3, -0.25) is 0 Å². The van der Waals surface area contributed by atoms with Crippen LogP contribution in [-0.4, -0.2) is 0 Å². The molecule has 0 amide bonds. The number of fused-ring (bicyclic) bond motifs is 7. The maximum absolute atomic E-state index is 2.48. The van der Waals surface area contributed by atoms with E-state index in [0.717, 1.165) is 34.1 Å². The van der Waals surface area contributed by atoms with E-state index < -0.39 is 0 Å². The lowest BCUT2D eigenvalue weighted by Crippen LogP contribution is -2.24. The summed E-state index contributed by atoms with van der Waals surface area (Å²) in [5.41, 5.74) is 12.1. The smallest absolute Gasteiger partial charge is 0.0476 e. The molecule has 10 aromatic carbocycles. The first kappa shape index (κ1) is 33.2. The van der Waals surface area contributed by atoms with Gasteiger partial charge in [0.15, 0.2) is 0 Å². The number of anilines is 6. The molecule has 0 radical (unpaired) electrons. The maximum atomic E-state index is 2.48. The monoisotopic (exact) mass is 758 g/mol. The molecule has 3 heteroatoms. The zero-order chi connectivity index (χ0) is 38.5. The van der Waals surface area contributed by atoms with Crippen molar-refractivity contribution in [3.8, 4) is 11.1 Å². The molecule has 58 heavy (non-hydrogen) atoms. The third-order valence-electron chi connectivity index (χ3n) is 12.5. The minimum Gasteiger partial charge on any atom is -0.310 e. The lowest BCUT2D eigenvalue weighted by atomic mass is 9.67. The number of rotatable bonds is 6. The van der Waals surface area contributed by atoms with Crippen LogP contribution in [-0.2, 0) is 5.41 Å². The second-order valence-electron chi connectivity index (χ2n) is 16.1. The summed E-state index contributed by atoms with van der Waals surface area (Å²) < 4.78 is 2.66. The average molecular weight is 759 g/mol. The molecule has 11 aromatic rings. The first-order valence-electron chi connectivity index (χ1n) is 20.1.